The molecule has 1 heterocycles. The van der Waals surface area contributed by atoms with Crippen LogP contribution >= 0.6 is 0 Å². The molecule has 5 heteroatoms. The number of ketones is 1. The van der Waals surface area contributed by atoms with Crippen LogP contribution < -0.4 is 10.4 Å². The molecular weight excluding hydrogens is 248 g/mol. The molecular formula is C14H12O5. The Morgan fingerprint density at radius 1 is 1.32 bits per heavy atom. The number of hydrogen-bond donors (Lipinski definition) is 1. The summed E-state index contributed by atoms with van der Waals surface area (Å²) in [5.41, 5.74) is -1.25. The molecule has 0 radical (unpaired) electrons. The molecule has 2 rings (SSSR count). The molecule has 0 saturated heterocycles. The fourth-order valence-corrected chi connectivity index (χ4v) is 1.59. The lowest BCUT2D eigenvalue weighted by molar-refractivity contribution is 0.0914. The fraction of sp³-hybridized carbons (Fsp3) is 0.143. The first-order valence-electron chi connectivity index (χ1n) is 5.62. The highest BCUT2D eigenvalue weighted by Gasteiger charge is 2.18. The van der Waals surface area contributed by atoms with Crippen molar-refractivity contribution in [3.05, 3.63) is 58.1 Å². The molecule has 1 aromatic heterocycles. The summed E-state index contributed by atoms with van der Waals surface area (Å²) in [5, 5.41) is 9.60. The summed E-state index contributed by atoms with van der Waals surface area (Å²) in [5.74, 6) is -0.277. The molecule has 0 spiro atoms. The van der Waals surface area contributed by atoms with Crippen molar-refractivity contribution in [3.63, 3.8) is 0 Å². The molecule has 0 atom stereocenters. The van der Waals surface area contributed by atoms with Gasteiger partial charge in [-0.15, -0.1) is 0 Å². The maximum absolute atomic E-state index is 11.8. The molecule has 0 bridgehead atoms. The van der Waals surface area contributed by atoms with Gasteiger partial charge in [0.2, 0.25) is 5.78 Å². The minimum atomic E-state index is -0.862. The van der Waals surface area contributed by atoms with E-state index in [0.29, 0.717) is 5.75 Å². The summed E-state index contributed by atoms with van der Waals surface area (Å²) in [6.07, 6.45) is 0. The maximum atomic E-state index is 11.8. The van der Waals surface area contributed by atoms with Crippen LogP contribution in [-0.2, 0) is 0 Å². The van der Waals surface area contributed by atoms with E-state index in [4.69, 9.17) is 9.15 Å². The van der Waals surface area contributed by atoms with Gasteiger partial charge >= 0.3 is 5.63 Å². The number of benzene rings is 1. The molecule has 1 N–H and O–H groups in total. The predicted octanol–water partition coefficient (Wildman–Crippen LogP) is 1.92. The third-order valence-electron chi connectivity index (χ3n) is 2.45. The van der Waals surface area contributed by atoms with E-state index in [9.17, 15) is 14.7 Å². The average Bonchev–Trinajstić information content (AvgIpc) is 2.36. The molecule has 98 valence electrons. The van der Waals surface area contributed by atoms with Crippen molar-refractivity contribution in [2.75, 3.05) is 6.61 Å². The zero-order valence-corrected chi connectivity index (χ0v) is 10.3. The Balaban J connectivity index is 2.15. The molecule has 0 fully saturated rings. The zero-order chi connectivity index (χ0) is 13.8. The standard InChI is InChI=1S/C14H12O5/c1-9-7-11(15)13(14(17)19-9)12(16)8-18-10-5-3-2-4-6-10/h2-7,15H,8H2,1H3. The van der Waals surface area contributed by atoms with E-state index in [1.807, 2.05) is 6.07 Å². The molecule has 0 amide bonds. The van der Waals surface area contributed by atoms with E-state index in [2.05, 4.69) is 0 Å². The molecule has 0 aliphatic carbocycles. The SMILES string of the molecule is Cc1cc(O)c(C(=O)COc2ccccc2)c(=O)o1. The quantitative estimate of drug-likeness (QED) is 0.850. The molecule has 19 heavy (non-hydrogen) atoms. The van der Waals surface area contributed by atoms with Crippen molar-refractivity contribution in [3.8, 4) is 11.5 Å². The minimum absolute atomic E-state index is 0.239. The largest absolute Gasteiger partial charge is 0.507 e. The van der Waals surface area contributed by atoms with Gasteiger partial charge in [0.15, 0.2) is 6.61 Å². The lowest BCUT2D eigenvalue weighted by Gasteiger charge is -2.05. The Bertz CT molecular complexity index is 643. The lowest BCUT2D eigenvalue weighted by atomic mass is 10.2. The van der Waals surface area contributed by atoms with Crippen LogP contribution in [0.4, 0.5) is 0 Å². The predicted molar refractivity (Wildman–Crippen MR) is 67.6 cm³/mol. The van der Waals surface area contributed by atoms with Crippen LogP contribution in [0.2, 0.25) is 0 Å². The number of para-hydroxylation sites is 1. The lowest BCUT2D eigenvalue weighted by Crippen LogP contribution is -2.20. The van der Waals surface area contributed by atoms with Crippen LogP contribution in [0.3, 0.4) is 0 Å². The second-order valence-electron chi connectivity index (χ2n) is 3.93. The van der Waals surface area contributed by atoms with Crippen LogP contribution in [0.15, 0.2) is 45.6 Å². The highest BCUT2D eigenvalue weighted by atomic mass is 16.5. The van der Waals surface area contributed by atoms with E-state index < -0.39 is 17.2 Å². The Labute approximate surface area is 109 Å². The number of hydrogen-bond acceptors (Lipinski definition) is 5. The van der Waals surface area contributed by atoms with E-state index >= 15 is 0 Å². The molecule has 2 aromatic rings. The number of ether oxygens (including phenoxy) is 1. The normalized spacial score (nSPS) is 10.2. The second kappa shape index (κ2) is 5.39. The van der Waals surface area contributed by atoms with Crippen LogP contribution in [-0.4, -0.2) is 17.5 Å². The Hall–Kier alpha value is -2.56. The Kier molecular flexibility index (Phi) is 3.66. The highest BCUT2D eigenvalue weighted by molar-refractivity contribution is 5.99. The van der Waals surface area contributed by atoms with E-state index in [-0.39, 0.29) is 17.9 Å². The summed E-state index contributed by atoms with van der Waals surface area (Å²) in [7, 11) is 0. The summed E-state index contributed by atoms with van der Waals surface area (Å²) < 4.78 is 9.99. The first kappa shape index (κ1) is 12.9. The van der Waals surface area contributed by atoms with Crippen molar-refractivity contribution in [1.29, 1.82) is 0 Å². The van der Waals surface area contributed by atoms with Crippen LogP contribution in [0.25, 0.3) is 0 Å². The van der Waals surface area contributed by atoms with Gasteiger partial charge in [0.05, 0.1) is 0 Å². The third kappa shape index (κ3) is 3.01. The first-order chi connectivity index (χ1) is 9.08. The molecule has 0 aliphatic heterocycles. The van der Waals surface area contributed by atoms with Gasteiger partial charge in [-0.3, -0.25) is 4.79 Å². The van der Waals surface area contributed by atoms with E-state index in [1.54, 1.807) is 24.3 Å². The zero-order valence-electron chi connectivity index (χ0n) is 10.3. The number of carbonyl (C=O) groups excluding carboxylic acids is 1. The highest BCUT2D eigenvalue weighted by Crippen LogP contribution is 2.16. The van der Waals surface area contributed by atoms with Gasteiger partial charge in [0.25, 0.3) is 0 Å². The topological polar surface area (TPSA) is 76.7 Å². The molecule has 0 unspecified atom stereocenters. The number of aryl methyl sites for hydroxylation is 1. The summed E-state index contributed by atoms with van der Waals surface area (Å²) in [6, 6.07) is 9.93. The second-order valence-corrected chi connectivity index (χ2v) is 3.93. The molecule has 0 saturated carbocycles. The molecule has 0 aliphatic rings. The third-order valence-corrected chi connectivity index (χ3v) is 2.45. The maximum Gasteiger partial charge on any atom is 0.350 e. The summed E-state index contributed by atoms with van der Waals surface area (Å²) in [6.45, 7) is 1.17. The summed E-state index contributed by atoms with van der Waals surface area (Å²) in [4.78, 5) is 23.3. The van der Waals surface area contributed by atoms with E-state index in [0.717, 1.165) is 0 Å². The van der Waals surface area contributed by atoms with Crippen LogP contribution in [0.1, 0.15) is 16.1 Å². The number of aromatic hydroxyl groups is 1. The van der Waals surface area contributed by atoms with Gasteiger partial charge in [0, 0.05) is 6.07 Å². The van der Waals surface area contributed by atoms with Gasteiger partial charge in [-0.2, -0.15) is 0 Å². The molecule has 1 aromatic carbocycles. The monoisotopic (exact) mass is 260 g/mol. The van der Waals surface area contributed by atoms with Gasteiger partial charge in [-0.25, -0.2) is 4.79 Å². The Morgan fingerprint density at radius 3 is 2.63 bits per heavy atom. The summed E-state index contributed by atoms with van der Waals surface area (Å²) >= 11 is 0. The number of rotatable bonds is 4. The van der Waals surface area contributed by atoms with Crippen molar-refractivity contribution in [2.45, 2.75) is 6.92 Å². The van der Waals surface area contributed by atoms with Crippen molar-refractivity contribution in [2.24, 2.45) is 0 Å². The van der Waals surface area contributed by atoms with Gasteiger partial charge in [-0.05, 0) is 19.1 Å². The van der Waals surface area contributed by atoms with Gasteiger partial charge in [0.1, 0.15) is 22.8 Å². The molecule has 5 nitrogen and oxygen atoms in total. The van der Waals surface area contributed by atoms with Crippen molar-refractivity contribution in [1.82, 2.24) is 0 Å². The number of carbonyl (C=O) groups is 1. The van der Waals surface area contributed by atoms with E-state index in [1.165, 1.54) is 13.0 Å². The Morgan fingerprint density at radius 2 is 2.00 bits per heavy atom. The van der Waals surface area contributed by atoms with Gasteiger partial charge < -0.3 is 14.3 Å². The van der Waals surface area contributed by atoms with Crippen molar-refractivity contribution >= 4 is 5.78 Å². The smallest absolute Gasteiger partial charge is 0.350 e. The fourth-order valence-electron chi connectivity index (χ4n) is 1.59. The average molecular weight is 260 g/mol. The van der Waals surface area contributed by atoms with Gasteiger partial charge in [-0.1, -0.05) is 18.2 Å². The van der Waals surface area contributed by atoms with Crippen LogP contribution in [0, 0.1) is 6.92 Å². The van der Waals surface area contributed by atoms with Crippen molar-refractivity contribution < 1.29 is 19.1 Å². The minimum Gasteiger partial charge on any atom is -0.507 e. The van der Waals surface area contributed by atoms with Crippen LogP contribution in [0.5, 0.6) is 11.5 Å². The number of Topliss-reactive ketones (excluding diaryl/α,β-unsaturated/α-hetero) is 1. The first-order valence-corrected chi connectivity index (χ1v) is 5.62.